The Hall–Kier alpha value is -1.28. The van der Waals surface area contributed by atoms with E-state index in [0.717, 1.165) is 27.8 Å². The van der Waals surface area contributed by atoms with E-state index in [1.807, 2.05) is 18.3 Å². The second-order valence-corrected chi connectivity index (χ2v) is 6.72. The van der Waals surface area contributed by atoms with Crippen LogP contribution in [0.5, 0.6) is 0 Å². The fraction of sp³-hybridized carbons (Fsp3) is 0.471. The summed E-state index contributed by atoms with van der Waals surface area (Å²) in [6.07, 6.45) is 5.71. The zero-order valence-electron chi connectivity index (χ0n) is 12.1. The molecule has 1 aliphatic rings. The molecule has 0 saturated heterocycles. The van der Waals surface area contributed by atoms with E-state index in [2.05, 4.69) is 36.3 Å². The SMILES string of the molecule is CC1CC(C)CC(Nc2ccnc3cc(Cl)ccc23)C1. The first-order valence-corrected chi connectivity index (χ1v) is 7.80. The van der Waals surface area contributed by atoms with Gasteiger partial charge in [-0.05, 0) is 55.4 Å². The second kappa shape index (κ2) is 5.61. The predicted molar refractivity (Wildman–Crippen MR) is 86.3 cm³/mol. The highest BCUT2D eigenvalue weighted by Gasteiger charge is 2.24. The van der Waals surface area contributed by atoms with Crippen molar-refractivity contribution < 1.29 is 0 Å². The minimum atomic E-state index is 0.565. The summed E-state index contributed by atoms with van der Waals surface area (Å²) in [7, 11) is 0. The molecule has 106 valence electrons. The summed E-state index contributed by atoms with van der Waals surface area (Å²) >= 11 is 6.04. The highest BCUT2D eigenvalue weighted by molar-refractivity contribution is 6.31. The third-order valence-corrected chi connectivity index (χ3v) is 4.48. The lowest BCUT2D eigenvalue weighted by Crippen LogP contribution is -2.30. The number of anilines is 1. The Kier molecular flexibility index (Phi) is 3.84. The van der Waals surface area contributed by atoms with Crippen molar-refractivity contribution >= 4 is 28.2 Å². The minimum absolute atomic E-state index is 0.565. The maximum Gasteiger partial charge on any atom is 0.0737 e. The Morgan fingerprint density at radius 2 is 1.85 bits per heavy atom. The standard InChI is InChI=1S/C17H21ClN2/c1-11-7-12(2)9-14(8-11)20-16-5-6-19-17-10-13(18)3-4-15(16)17/h3-6,10-12,14H,7-9H2,1-2H3,(H,19,20). The van der Waals surface area contributed by atoms with Crippen LogP contribution >= 0.6 is 11.6 Å². The molecule has 1 aliphatic carbocycles. The summed E-state index contributed by atoms with van der Waals surface area (Å²) in [5, 5.41) is 5.61. The van der Waals surface area contributed by atoms with Gasteiger partial charge in [0.05, 0.1) is 5.52 Å². The van der Waals surface area contributed by atoms with Gasteiger partial charge in [-0.3, -0.25) is 4.98 Å². The van der Waals surface area contributed by atoms with Gasteiger partial charge >= 0.3 is 0 Å². The number of pyridine rings is 1. The van der Waals surface area contributed by atoms with E-state index in [-0.39, 0.29) is 0 Å². The number of fused-ring (bicyclic) bond motifs is 1. The van der Waals surface area contributed by atoms with Gasteiger partial charge in [-0.15, -0.1) is 0 Å². The Balaban J connectivity index is 1.87. The van der Waals surface area contributed by atoms with Gasteiger partial charge in [-0.25, -0.2) is 0 Å². The molecular formula is C17H21ClN2. The van der Waals surface area contributed by atoms with Gasteiger partial charge in [0.15, 0.2) is 0 Å². The number of hydrogen-bond acceptors (Lipinski definition) is 2. The molecule has 1 fully saturated rings. The van der Waals surface area contributed by atoms with Crippen molar-refractivity contribution in [3.05, 3.63) is 35.5 Å². The van der Waals surface area contributed by atoms with Crippen LogP contribution < -0.4 is 5.32 Å². The molecule has 2 nitrogen and oxygen atoms in total. The molecule has 1 aromatic carbocycles. The second-order valence-electron chi connectivity index (χ2n) is 6.28. The van der Waals surface area contributed by atoms with Crippen molar-refractivity contribution in [2.24, 2.45) is 11.8 Å². The first-order valence-electron chi connectivity index (χ1n) is 7.42. The van der Waals surface area contributed by atoms with Crippen LogP contribution in [0, 0.1) is 11.8 Å². The van der Waals surface area contributed by atoms with Crippen LogP contribution in [-0.4, -0.2) is 11.0 Å². The van der Waals surface area contributed by atoms with Crippen LogP contribution in [0.2, 0.25) is 5.02 Å². The van der Waals surface area contributed by atoms with Crippen molar-refractivity contribution in [2.45, 2.75) is 39.2 Å². The fourth-order valence-corrected chi connectivity index (χ4v) is 3.70. The van der Waals surface area contributed by atoms with E-state index in [4.69, 9.17) is 11.6 Å². The Morgan fingerprint density at radius 1 is 1.10 bits per heavy atom. The van der Waals surface area contributed by atoms with Gasteiger partial charge in [0.25, 0.3) is 0 Å². The molecule has 0 aliphatic heterocycles. The van der Waals surface area contributed by atoms with Gasteiger partial charge in [-0.2, -0.15) is 0 Å². The van der Waals surface area contributed by atoms with Gasteiger partial charge in [-0.1, -0.05) is 25.4 Å². The summed E-state index contributed by atoms with van der Waals surface area (Å²) < 4.78 is 0. The molecule has 0 spiro atoms. The number of nitrogens with zero attached hydrogens (tertiary/aromatic N) is 1. The first-order chi connectivity index (χ1) is 9.61. The Labute approximate surface area is 125 Å². The van der Waals surface area contributed by atoms with E-state index in [9.17, 15) is 0 Å². The van der Waals surface area contributed by atoms with Crippen molar-refractivity contribution in [2.75, 3.05) is 5.32 Å². The number of benzene rings is 1. The quantitative estimate of drug-likeness (QED) is 0.829. The molecular weight excluding hydrogens is 268 g/mol. The summed E-state index contributed by atoms with van der Waals surface area (Å²) in [6, 6.07) is 8.55. The zero-order chi connectivity index (χ0) is 14.1. The molecule has 20 heavy (non-hydrogen) atoms. The average molecular weight is 289 g/mol. The van der Waals surface area contributed by atoms with E-state index < -0.39 is 0 Å². The normalized spacial score (nSPS) is 26.6. The molecule has 3 heteroatoms. The zero-order valence-corrected chi connectivity index (χ0v) is 12.8. The summed E-state index contributed by atoms with van der Waals surface area (Å²) in [5.41, 5.74) is 2.14. The lowest BCUT2D eigenvalue weighted by atomic mass is 9.80. The number of hydrogen-bond donors (Lipinski definition) is 1. The highest BCUT2D eigenvalue weighted by Crippen LogP contribution is 2.32. The van der Waals surface area contributed by atoms with Crippen LogP contribution in [0.15, 0.2) is 30.5 Å². The number of halogens is 1. The summed E-state index contributed by atoms with van der Waals surface area (Å²) in [4.78, 5) is 4.40. The Morgan fingerprint density at radius 3 is 2.60 bits per heavy atom. The Bertz CT molecular complexity index is 601. The van der Waals surface area contributed by atoms with Crippen LogP contribution in [0.1, 0.15) is 33.1 Å². The van der Waals surface area contributed by atoms with E-state index in [1.54, 1.807) is 0 Å². The molecule has 1 saturated carbocycles. The smallest absolute Gasteiger partial charge is 0.0737 e. The molecule has 2 atom stereocenters. The van der Waals surface area contributed by atoms with Gasteiger partial charge in [0, 0.05) is 28.3 Å². The molecule has 2 aromatic rings. The summed E-state index contributed by atoms with van der Waals surface area (Å²) in [6.45, 7) is 4.71. The lowest BCUT2D eigenvalue weighted by Gasteiger charge is -2.32. The van der Waals surface area contributed by atoms with Crippen LogP contribution in [0.4, 0.5) is 5.69 Å². The van der Waals surface area contributed by atoms with E-state index >= 15 is 0 Å². The molecule has 0 radical (unpaired) electrons. The molecule has 3 rings (SSSR count). The topological polar surface area (TPSA) is 24.9 Å². The number of nitrogens with one attached hydrogen (secondary N) is 1. The maximum atomic E-state index is 6.04. The van der Waals surface area contributed by atoms with Crippen LogP contribution in [0.3, 0.4) is 0 Å². The molecule has 1 heterocycles. The first kappa shape index (κ1) is 13.7. The highest BCUT2D eigenvalue weighted by atomic mass is 35.5. The average Bonchev–Trinajstić information content (AvgIpc) is 2.37. The van der Waals surface area contributed by atoms with E-state index in [1.165, 1.54) is 24.9 Å². The van der Waals surface area contributed by atoms with Crippen molar-refractivity contribution in [3.8, 4) is 0 Å². The third-order valence-electron chi connectivity index (χ3n) is 4.24. The largest absolute Gasteiger partial charge is 0.382 e. The monoisotopic (exact) mass is 288 g/mol. The van der Waals surface area contributed by atoms with Crippen LogP contribution in [0.25, 0.3) is 10.9 Å². The van der Waals surface area contributed by atoms with Crippen molar-refractivity contribution in [3.63, 3.8) is 0 Å². The van der Waals surface area contributed by atoms with Crippen LogP contribution in [-0.2, 0) is 0 Å². The molecule has 1 aromatic heterocycles. The lowest BCUT2D eigenvalue weighted by molar-refractivity contribution is 0.281. The van der Waals surface area contributed by atoms with E-state index in [0.29, 0.717) is 6.04 Å². The van der Waals surface area contributed by atoms with Crippen molar-refractivity contribution in [1.82, 2.24) is 4.98 Å². The van der Waals surface area contributed by atoms with Gasteiger partial charge in [0.1, 0.15) is 0 Å². The fourth-order valence-electron chi connectivity index (χ4n) is 3.53. The molecule has 0 bridgehead atoms. The number of rotatable bonds is 2. The number of aromatic nitrogens is 1. The predicted octanol–water partition coefficient (Wildman–Crippen LogP) is 5.12. The molecule has 0 amide bonds. The molecule has 1 N–H and O–H groups in total. The molecule has 2 unspecified atom stereocenters. The third kappa shape index (κ3) is 2.90. The van der Waals surface area contributed by atoms with Gasteiger partial charge in [0.2, 0.25) is 0 Å². The maximum absolute atomic E-state index is 6.04. The summed E-state index contributed by atoms with van der Waals surface area (Å²) in [5.74, 6) is 1.61. The van der Waals surface area contributed by atoms with Gasteiger partial charge < -0.3 is 5.32 Å². The minimum Gasteiger partial charge on any atom is -0.382 e. The van der Waals surface area contributed by atoms with Crippen molar-refractivity contribution in [1.29, 1.82) is 0 Å².